The third kappa shape index (κ3) is 2.67. The highest BCUT2D eigenvalue weighted by Crippen LogP contribution is 2.38. The van der Waals surface area contributed by atoms with Crippen molar-refractivity contribution in [2.45, 2.75) is 45.3 Å². The molecule has 0 heterocycles. The lowest BCUT2D eigenvalue weighted by molar-refractivity contribution is 0.0302. The molecule has 0 bridgehead atoms. The molecule has 60 valence electrons. The summed E-state index contributed by atoms with van der Waals surface area (Å²) in [6.07, 6.45) is 2.46. The van der Waals surface area contributed by atoms with Crippen molar-refractivity contribution in [3.8, 4) is 0 Å². The molecule has 0 spiro atoms. The molecule has 0 aliphatic heterocycles. The van der Waals surface area contributed by atoms with Crippen LogP contribution in [-0.4, -0.2) is 18.4 Å². The molecular formula is C8H17NO. The van der Waals surface area contributed by atoms with E-state index in [4.69, 9.17) is 4.74 Å². The maximum atomic E-state index is 5.54. The first kappa shape index (κ1) is 8.02. The maximum Gasteiger partial charge on any atom is 0.0974 e. The van der Waals surface area contributed by atoms with Crippen LogP contribution in [0.1, 0.15) is 33.6 Å². The van der Waals surface area contributed by atoms with Crippen LogP contribution >= 0.6 is 0 Å². The van der Waals surface area contributed by atoms with Gasteiger partial charge in [-0.05, 0) is 33.6 Å². The molecule has 1 fully saturated rings. The van der Waals surface area contributed by atoms with E-state index in [1.54, 1.807) is 0 Å². The molecule has 1 aliphatic rings. The van der Waals surface area contributed by atoms with E-state index in [1.165, 1.54) is 12.8 Å². The van der Waals surface area contributed by atoms with E-state index in [0.717, 1.165) is 0 Å². The molecule has 0 saturated heterocycles. The maximum absolute atomic E-state index is 5.54. The molecule has 0 radical (unpaired) electrons. The van der Waals surface area contributed by atoms with Gasteiger partial charge in [0, 0.05) is 6.04 Å². The van der Waals surface area contributed by atoms with Crippen molar-refractivity contribution in [1.29, 1.82) is 0 Å². The Morgan fingerprint density at radius 1 is 1.50 bits per heavy atom. The van der Waals surface area contributed by atoms with Crippen molar-refractivity contribution in [2.75, 3.05) is 6.73 Å². The first-order chi connectivity index (χ1) is 4.62. The summed E-state index contributed by atoms with van der Waals surface area (Å²) in [4.78, 5) is 0. The van der Waals surface area contributed by atoms with Gasteiger partial charge in [-0.25, -0.2) is 0 Å². The average molecular weight is 143 g/mol. The molecule has 1 rings (SSSR count). The van der Waals surface area contributed by atoms with Gasteiger partial charge in [0.15, 0.2) is 0 Å². The third-order valence-corrected chi connectivity index (χ3v) is 1.87. The fourth-order valence-corrected chi connectivity index (χ4v) is 0.703. The molecule has 2 nitrogen and oxygen atoms in total. The lowest BCUT2D eigenvalue weighted by Crippen LogP contribution is -2.28. The van der Waals surface area contributed by atoms with Gasteiger partial charge >= 0.3 is 0 Å². The standard InChI is InChI=1S/C8H17NO/c1-7(2)9-6-10-8(3)4-5-8/h7,9H,4-6H2,1-3H3. The zero-order valence-corrected chi connectivity index (χ0v) is 7.11. The van der Waals surface area contributed by atoms with Gasteiger partial charge in [-0.3, -0.25) is 5.32 Å². The van der Waals surface area contributed by atoms with E-state index in [1.807, 2.05) is 0 Å². The summed E-state index contributed by atoms with van der Waals surface area (Å²) in [5, 5.41) is 3.22. The normalized spacial score (nSPS) is 21.6. The Labute approximate surface area is 63.0 Å². The molecule has 0 unspecified atom stereocenters. The summed E-state index contributed by atoms with van der Waals surface area (Å²) in [5.41, 5.74) is 0.224. The fraction of sp³-hybridized carbons (Fsp3) is 1.00. The van der Waals surface area contributed by atoms with Crippen molar-refractivity contribution in [3.05, 3.63) is 0 Å². The minimum Gasteiger partial charge on any atom is -0.360 e. The highest BCUT2D eigenvalue weighted by molar-refractivity contribution is 4.90. The highest BCUT2D eigenvalue weighted by Gasteiger charge is 2.38. The monoisotopic (exact) mass is 143 g/mol. The number of nitrogens with one attached hydrogen (secondary N) is 1. The quantitative estimate of drug-likeness (QED) is 0.602. The molecule has 10 heavy (non-hydrogen) atoms. The van der Waals surface area contributed by atoms with Crippen molar-refractivity contribution in [1.82, 2.24) is 5.32 Å². The Balaban J connectivity index is 1.95. The number of ether oxygens (including phenoxy) is 1. The van der Waals surface area contributed by atoms with Gasteiger partial charge in [0.1, 0.15) is 0 Å². The number of rotatable bonds is 4. The Bertz CT molecular complexity index is 108. The van der Waals surface area contributed by atoms with E-state index >= 15 is 0 Å². The van der Waals surface area contributed by atoms with Crippen LogP contribution in [0.25, 0.3) is 0 Å². The van der Waals surface area contributed by atoms with Crippen molar-refractivity contribution >= 4 is 0 Å². The largest absolute Gasteiger partial charge is 0.360 e. The van der Waals surface area contributed by atoms with E-state index in [0.29, 0.717) is 12.8 Å². The summed E-state index contributed by atoms with van der Waals surface area (Å²) >= 11 is 0. The second kappa shape index (κ2) is 2.89. The summed E-state index contributed by atoms with van der Waals surface area (Å²) < 4.78 is 5.54. The van der Waals surface area contributed by atoms with E-state index in [9.17, 15) is 0 Å². The molecule has 0 atom stereocenters. The minimum atomic E-state index is 0.224. The molecule has 0 amide bonds. The molecule has 0 aromatic heterocycles. The predicted octanol–water partition coefficient (Wildman–Crippen LogP) is 1.51. The molecule has 1 N–H and O–H groups in total. The van der Waals surface area contributed by atoms with Crippen molar-refractivity contribution < 1.29 is 4.74 Å². The molecule has 0 aromatic carbocycles. The summed E-state index contributed by atoms with van der Waals surface area (Å²) in [6, 6.07) is 0.530. The average Bonchev–Trinajstić information content (AvgIpc) is 2.47. The van der Waals surface area contributed by atoms with Gasteiger partial charge in [-0.1, -0.05) is 0 Å². The third-order valence-electron chi connectivity index (χ3n) is 1.87. The van der Waals surface area contributed by atoms with Crippen LogP contribution < -0.4 is 5.32 Å². The van der Waals surface area contributed by atoms with Crippen LogP contribution in [0.2, 0.25) is 0 Å². The smallest absolute Gasteiger partial charge is 0.0974 e. The van der Waals surface area contributed by atoms with E-state index in [-0.39, 0.29) is 5.60 Å². The van der Waals surface area contributed by atoms with Gasteiger partial charge in [-0.2, -0.15) is 0 Å². The Morgan fingerprint density at radius 2 is 2.10 bits per heavy atom. The lowest BCUT2D eigenvalue weighted by atomic mass is 10.4. The lowest BCUT2D eigenvalue weighted by Gasteiger charge is -2.13. The Morgan fingerprint density at radius 3 is 2.50 bits per heavy atom. The summed E-state index contributed by atoms with van der Waals surface area (Å²) in [7, 11) is 0. The van der Waals surface area contributed by atoms with Crippen molar-refractivity contribution in [3.63, 3.8) is 0 Å². The van der Waals surface area contributed by atoms with Crippen LogP contribution in [0, 0.1) is 0 Å². The van der Waals surface area contributed by atoms with Gasteiger partial charge in [0.05, 0.1) is 12.3 Å². The SMILES string of the molecule is CC(C)NCOC1(C)CC1. The van der Waals surface area contributed by atoms with E-state index < -0.39 is 0 Å². The molecule has 2 heteroatoms. The van der Waals surface area contributed by atoms with Crippen LogP contribution in [0.5, 0.6) is 0 Å². The topological polar surface area (TPSA) is 21.3 Å². The van der Waals surface area contributed by atoms with Crippen LogP contribution in [0.4, 0.5) is 0 Å². The second-order valence-corrected chi connectivity index (χ2v) is 3.60. The molecular weight excluding hydrogens is 126 g/mol. The zero-order valence-electron chi connectivity index (χ0n) is 7.11. The number of hydrogen-bond acceptors (Lipinski definition) is 2. The molecule has 0 aromatic rings. The first-order valence-corrected chi connectivity index (χ1v) is 4.00. The minimum absolute atomic E-state index is 0.224. The van der Waals surface area contributed by atoms with Crippen LogP contribution in [0.3, 0.4) is 0 Å². The zero-order chi connectivity index (χ0) is 7.61. The second-order valence-electron chi connectivity index (χ2n) is 3.60. The Hall–Kier alpha value is -0.0800. The van der Waals surface area contributed by atoms with Gasteiger partial charge in [0.25, 0.3) is 0 Å². The Kier molecular flexibility index (Phi) is 2.32. The van der Waals surface area contributed by atoms with Gasteiger partial charge < -0.3 is 4.74 Å². The van der Waals surface area contributed by atoms with Crippen LogP contribution in [0.15, 0.2) is 0 Å². The summed E-state index contributed by atoms with van der Waals surface area (Å²) in [5.74, 6) is 0. The van der Waals surface area contributed by atoms with Gasteiger partial charge in [-0.15, -0.1) is 0 Å². The molecule has 1 saturated carbocycles. The van der Waals surface area contributed by atoms with Gasteiger partial charge in [0.2, 0.25) is 0 Å². The van der Waals surface area contributed by atoms with Crippen molar-refractivity contribution in [2.24, 2.45) is 0 Å². The summed E-state index contributed by atoms with van der Waals surface area (Å²) in [6.45, 7) is 7.11. The van der Waals surface area contributed by atoms with Crippen LogP contribution in [-0.2, 0) is 4.74 Å². The first-order valence-electron chi connectivity index (χ1n) is 4.00. The predicted molar refractivity (Wildman–Crippen MR) is 41.9 cm³/mol. The van der Waals surface area contributed by atoms with E-state index in [2.05, 4.69) is 26.1 Å². The number of hydrogen-bond donors (Lipinski definition) is 1. The fourth-order valence-electron chi connectivity index (χ4n) is 0.703. The highest BCUT2D eigenvalue weighted by atomic mass is 16.5. The molecule has 1 aliphatic carbocycles.